The highest BCUT2D eigenvalue weighted by atomic mass is 16.3. The van der Waals surface area contributed by atoms with E-state index in [1.807, 2.05) is 26.8 Å². The van der Waals surface area contributed by atoms with Crippen molar-refractivity contribution in [3.8, 4) is 5.75 Å². The molecule has 0 aliphatic heterocycles. The summed E-state index contributed by atoms with van der Waals surface area (Å²) in [7, 11) is 0. The monoisotopic (exact) mass is 610 g/mol. The molecule has 6 nitrogen and oxygen atoms in total. The van der Waals surface area contributed by atoms with Crippen LogP contribution in [0.5, 0.6) is 5.75 Å². The summed E-state index contributed by atoms with van der Waals surface area (Å²) in [4.78, 5) is 55.7. The molecule has 0 aromatic heterocycles. The van der Waals surface area contributed by atoms with Gasteiger partial charge in [-0.1, -0.05) is 57.1 Å². The zero-order valence-corrected chi connectivity index (χ0v) is 28.5. The van der Waals surface area contributed by atoms with Crippen LogP contribution in [-0.4, -0.2) is 38.9 Å². The fourth-order valence-corrected chi connectivity index (χ4v) is 9.47. The predicted octanol–water partition coefficient (Wildman–Crippen LogP) is 6.94. The van der Waals surface area contributed by atoms with Gasteiger partial charge in [-0.3, -0.25) is 19.2 Å². The van der Waals surface area contributed by atoms with Gasteiger partial charge in [-0.25, -0.2) is 0 Å². The number of hydrogen-bond donors (Lipinski definition) is 2. The molecule has 5 atom stereocenters. The minimum Gasteiger partial charge on any atom is -0.507 e. The van der Waals surface area contributed by atoms with E-state index in [4.69, 9.17) is 0 Å². The van der Waals surface area contributed by atoms with Crippen LogP contribution in [0.25, 0.3) is 12.2 Å². The van der Waals surface area contributed by atoms with Crippen molar-refractivity contribution >= 4 is 35.3 Å². The summed E-state index contributed by atoms with van der Waals surface area (Å²) in [5.41, 5.74) is 5.20. The number of aliphatic hydroxyl groups is 1. The summed E-state index contributed by atoms with van der Waals surface area (Å²) in [6.45, 7) is 21.1. The van der Waals surface area contributed by atoms with Gasteiger partial charge in [0.2, 0.25) is 0 Å². The molecule has 2 aromatic carbocycles. The summed E-state index contributed by atoms with van der Waals surface area (Å²) in [6.07, 6.45) is 4.52. The van der Waals surface area contributed by atoms with Crippen molar-refractivity contribution in [1.29, 1.82) is 0 Å². The van der Waals surface area contributed by atoms with Crippen molar-refractivity contribution in [1.82, 2.24) is 0 Å². The van der Waals surface area contributed by atoms with E-state index in [0.29, 0.717) is 17.6 Å². The number of allylic oxidation sites excluding steroid dienone is 1. The number of carbonyl (C=O) groups excluding carboxylic acids is 4. The number of rotatable bonds is 4. The average Bonchev–Trinajstić information content (AvgIpc) is 2.93. The van der Waals surface area contributed by atoms with Crippen LogP contribution in [0.4, 0.5) is 0 Å². The molecule has 1 fully saturated rings. The van der Waals surface area contributed by atoms with Crippen molar-refractivity contribution < 1.29 is 29.4 Å². The van der Waals surface area contributed by atoms with Crippen LogP contribution in [0.1, 0.15) is 103 Å². The summed E-state index contributed by atoms with van der Waals surface area (Å²) in [5.74, 6) is -5.72. The van der Waals surface area contributed by atoms with Crippen LogP contribution in [-0.2, 0) is 20.8 Å². The maximum absolute atomic E-state index is 14.6. The zero-order valence-electron chi connectivity index (χ0n) is 28.5. The van der Waals surface area contributed by atoms with Gasteiger partial charge in [0.15, 0.2) is 23.0 Å². The topological polar surface area (TPSA) is 109 Å². The lowest BCUT2D eigenvalue weighted by atomic mass is 9.41. The molecule has 0 heterocycles. The van der Waals surface area contributed by atoms with Gasteiger partial charge in [-0.05, 0) is 123 Å². The molecule has 0 spiro atoms. The number of phenols is 1. The molecule has 3 aliphatic rings. The number of aromatic hydroxyl groups is 1. The molecule has 0 amide bonds. The summed E-state index contributed by atoms with van der Waals surface area (Å²) in [5, 5.41) is 23.3. The van der Waals surface area contributed by atoms with Gasteiger partial charge in [0.25, 0.3) is 0 Å². The summed E-state index contributed by atoms with van der Waals surface area (Å²) < 4.78 is 0. The molecule has 0 radical (unpaired) electrons. The van der Waals surface area contributed by atoms with Crippen LogP contribution in [0.15, 0.2) is 23.3 Å². The molecule has 45 heavy (non-hydrogen) atoms. The molecule has 3 aliphatic carbocycles. The molecular weight excluding hydrogens is 564 g/mol. The molecule has 0 saturated heterocycles. The molecule has 238 valence electrons. The van der Waals surface area contributed by atoms with E-state index in [2.05, 4.69) is 40.7 Å². The summed E-state index contributed by atoms with van der Waals surface area (Å²) in [6, 6.07) is 3.27. The lowest BCUT2D eigenvalue weighted by Gasteiger charge is -2.60. The number of carbonyl (C=O) groups is 4. The van der Waals surface area contributed by atoms with Crippen LogP contribution in [0, 0.1) is 63.2 Å². The Morgan fingerprint density at radius 1 is 0.889 bits per heavy atom. The number of ketones is 4. The highest BCUT2D eigenvalue weighted by Crippen LogP contribution is 2.64. The van der Waals surface area contributed by atoms with E-state index in [9.17, 15) is 29.4 Å². The van der Waals surface area contributed by atoms with Crippen molar-refractivity contribution in [2.24, 2.45) is 28.6 Å². The van der Waals surface area contributed by atoms with Gasteiger partial charge in [0.05, 0.1) is 11.5 Å². The molecule has 0 bridgehead atoms. The number of fused-ring (bicyclic) bond motifs is 3. The Kier molecular flexibility index (Phi) is 7.60. The van der Waals surface area contributed by atoms with Gasteiger partial charge >= 0.3 is 0 Å². The van der Waals surface area contributed by atoms with Gasteiger partial charge in [-0.2, -0.15) is 0 Å². The minimum atomic E-state index is -2.54. The lowest BCUT2D eigenvalue weighted by Crippen LogP contribution is -2.73. The lowest BCUT2D eigenvalue weighted by molar-refractivity contribution is -0.183. The van der Waals surface area contributed by atoms with E-state index in [1.54, 1.807) is 19.9 Å². The largest absolute Gasteiger partial charge is 0.507 e. The third kappa shape index (κ3) is 4.24. The Balaban J connectivity index is 1.71. The highest BCUT2D eigenvalue weighted by molar-refractivity contribution is 6.27. The van der Waals surface area contributed by atoms with Crippen LogP contribution >= 0.6 is 0 Å². The fourth-order valence-electron chi connectivity index (χ4n) is 9.47. The maximum Gasteiger partial charge on any atom is 0.192 e. The van der Waals surface area contributed by atoms with Crippen molar-refractivity contribution in [2.45, 2.75) is 94.6 Å². The molecular formula is C39H46O6. The molecule has 5 rings (SSSR count). The molecule has 1 saturated carbocycles. The zero-order chi connectivity index (χ0) is 33.7. The van der Waals surface area contributed by atoms with Crippen LogP contribution < -0.4 is 0 Å². The minimum absolute atomic E-state index is 0.0621. The van der Waals surface area contributed by atoms with E-state index >= 15 is 0 Å². The third-order valence-electron chi connectivity index (χ3n) is 11.8. The number of phenolic OH excluding ortho intramolecular Hbond substituents is 1. The SMILES string of the molecule is CC(=O)C1C(=O)[C@@]2(O)C(=O)C3C(=O)c4c(O)ccc(/C=C/c5c(C)c(C)c(C)c(C)c5C)c4C[C@@]3(C)C[C@@]2(C)C(C(C)C)=C1C. The Morgan fingerprint density at radius 2 is 1.44 bits per heavy atom. The smallest absolute Gasteiger partial charge is 0.192 e. The van der Waals surface area contributed by atoms with E-state index < -0.39 is 51.4 Å². The summed E-state index contributed by atoms with van der Waals surface area (Å²) >= 11 is 0. The molecule has 2 N–H and O–H groups in total. The first-order valence-electron chi connectivity index (χ1n) is 15.9. The van der Waals surface area contributed by atoms with Gasteiger partial charge in [-0.15, -0.1) is 0 Å². The third-order valence-corrected chi connectivity index (χ3v) is 11.8. The van der Waals surface area contributed by atoms with E-state index in [1.165, 1.54) is 40.8 Å². The standard InChI is InChI=1S/C39H46O6/c1-18(2)32-24(8)30(25(9)40)35(43)39(45)36(44)33-34(42)31-28(16-37(33,10)17-38(32,39)11)26(13-15-29(31)41)12-14-27-22(6)20(4)19(3)21(5)23(27)7/h12-15,18,30,33,41,45H,16-17H2,1-11H3/b14-12+/t30?,33?,37-,38-,39+/m0/s1. The fraction of sp³-hybridized carbons (Fsp3) is 0.487. The highest BCUT2D eigenvalue weighted by Gasteiger charge is 2.73. The second-order valence-corrected chi connectivity index (χ2v) is 14.8. The van der Waals surface area contributed by atoms with Crippen LogP contribution in [0.2, 0.25) is 0 Å². The van der Waals surface area contributed by atoms with Crippen molar-refractivity contribution in [3.05, 3.63) is 73.4 Å². The normalized spacial score (nSPS) is 29.8. The van der Waals surface area contributed by atoms with E-state index in [-0.39, 0.29) is 23.7 Å². The number of Topliss-reactive ketones (excluding diaryl/α,β-unsaturated/α-hetero) is 4. The molecule has 2 unspecified atom stereocenters. The molecule has 2 aromatic rings. The first-order chi connectivity index (χ1) is 20.8. The Morgan fingerprint density at radius 3 is 1.98 bits per heavy atom. The van der Waals surface area contributed by atoms with Gasteiger partial charge in [0.1, 0.15) is 17.5 Å². The first-order valence-corrected chi connectivity index (χ1v) is 15.9. The maximum atomic E-state index is 14.6. The van der Waals surface area contributed by atoms with Crippen LogP contribution in [0.3, 0.4) is 0 Å². The average molecular weight is 611 g/mol. The Bertz CT molecular complexity index is 1760. The van der Waals surface area contributed by atoms with E-state index in [0.717, 1.165) is 16.7 Å². The van der Waals surface area contributed by atoms with Gasteiger partial charge < -0.3 is 10.2 Å². The second-order valence-electron chi connectivity index (χ2n) is 14.8. The molecule has 6 heteroatoms. The second kappa shape index (κ2) is 10.4. The number of benzene rings is 2. The Hall–Kier alpha value is -3.64. The quantitative estimate of drug-likeness (QED) is 0.221. The predicted molar refractivity (Wildman–Crippen MR) is 176 cm³/mol. The van der Waals surface area contributed by atoms with Crippen molar-refractivity contribution in [3.63, 3.8) is 0 Å². The van der Waals surface area contributed by atoms with Gasteiger partial charge in [0, 0.05) is 5.41 Å². The Labute approximate surface area is 266 Å². The van der Waals surface area contributed by atoms with Crippen molar-refractivity contribution in [2.75, 3.05) is 0 Å². The number of hydrogen-bond acceptors (Lipinski definition) is 6. The first kappa shape index (κ1) is 32.7.